The van der Waals surface area contributed by atoms with Crippen molar-refractivity contribution < 1.29 is 29.4 Å². The van der Waals surface area contributed by atoms with Crippen molar-refractivity contribution in [1.29, 1.82) is 10.8 Å². The van der Waals surface area contributed by atoms with Crippen molar-refractivity contribution in [3.63, 3.8) is 0 Å². The Morgan fingerprint density at radius 2 is 1.14 bits per heavy atom. The molecule has 1 rings (SSSR count). The maximum Gasteiger partial charge on any atom is 0.503 e. The maximum absolute atomic E-state index is 10.5. The second kappa shape index (κ2) is 13.2. The Bertz CT molecular complexity index is 464. The number of rotatable bonds is 1. The molecule has 126 valence electrons. The van der Waals surface area contributed by atoms with Crippen LogP contribution in [0.15, 0.2) is 30.3 Å². The monoisotopic (exact) mass is 338 g/mol. The quantitative estimate of drug-likeness (QED) is 0.159. The zero-order valence-electron chi connectivity index (χ0n) is 11.2. The highest BCUT2D eigenvalue weighted by Crippen LogP contribution is 2.32. The first-order chi connectivity index (χ1) is 9.80. The van der Waals surface area contributed by atoms with E-state index in [-0.39, 0.29) is 17.2 Å². The molecule has 0 spiro atoms. The van der Waals surface area contributed by atoms with Crippen LogP contribution in [0, 0.1) is 10.8 Å². The number of carboxylic acid groups (broad SMARTS) is 2. The van der Waals surface area contributed by atoms with Crippen molar-refractivity contribution in [3.8, 4) is 0 Å². The predicted molar refractivity (Wildman–Crippen MR) is 81.0 cm³/mol. The third-order valence-corrected chi connectivity index (χ3v) is 2.06. The van der Waals surface area contributed by atoms with Crippen molar-refractivity contribution in [2.75, 3.05) is 0 Å². The van der Waals surface area contributed by atoms with Gasteiger partial charge in [-0.1, -0.05) is 18.2 Å². The van der Waals surface area contributed by atoms with Gasteiger partial charge in [0.2, 0.25) is 0 Å². The molecule has 0 fully saturated rings. The summed E-state index contributed by atoms with van der Waals surface area (Å²) in [6.07, 6.45) is -1.83. The lowest BCUT2D eigenvalue weighted by Crippen LogP contribution is -2.20. The molecule has 0 bridgehead atoms. The van der Waals surface area contributed by atoms with Gasteiger partial charge in [-0.3, -0.25) is 15.4 Å². The number of hydrogen-bond acceptors (Lipinski definition) is 4. The van der Waals surface area contributed by atoms with Crippen LogP contribution < -0.4 is 28.2 Å². The Labute approximate surface area is 125 Å². The molecule has 0 heterocycles. The Kier molecular flexibility index (Phi) is 14.5. The molecule has 0 radical (unpaired) electrons. The number of hydrogen-bond donors (Lipinski definition) is 10. The van der Waals surface area contributed by atoms with Gasteiger partial charge in [0.15, 0.2) is 11.9 Å². The molecule has 1 aromatic rings. The van der Waals surface area contributed by atoms with Crippen molar-refractivity contribution in [2.24, 2.45) is 22.9 Å². The summed E-state index contributed by atoms with van der Waals surface area (Å²) in [5.74, 6) is -0.667. The lowest BCUT2D eigenvalue weighted by atomic mass is 10.4. The van der Waals surface area contributed by atoms with Crippen molar-refractivity contribution in [2.45, 2.75) is 0 Å². The molecule has 0 unspecified atom stereocenters. The van der Waals surface area contributed by atoms with E-state index < -0.39 is 13.8 Å². The van der Waals surface area contributed by atoms with Crippen LogP contribution in [0.25, 0.3) is 0 Å². The second-order valence-electron chi connectivity index (χ2n) is 3.07. The lowest BCUT2D eigenvalue weighted by molar-refractivity contribution is 0.137. The molecular weight excluding hydrogens is 319 g/mol. The summed E-state index contributed by atoms with van der Waals surface area (Å²) in [6.45, 7) is 0. The summed E-state index contributed by atoms with van der Waals surface area (Å²) in [5.41, 5.74) is 17.9. The fraction of sp³-hybridized carbons (Fsp3) is 0. The average Bonchev–Trinajstić information content (AvgIpc) is 2.26. The van der Waals surface area contributed by atoms with Crippen LogP contribution in [-0.2, 0) is 4.57 Å². The van der Waals surface area contributed by atoms with Gasteiger partial charge in [-0.15, -0.1) is 0 Å². The Morgan fingerprint density at radius 3 is 1.27 bits per heavy atom. The van der Waals surface area contributed by atoms with E-state index in [0.29, 0.717) is 0 Å². The van der Waals surface area contributed by atoms with Crippen LogP contribution in [0.3, 0.4) is 0 Å². The molecule has 13 heteroatoms. The highest BCUT2D eigenvalue weighted by atomic mass is 31.2. The van der Waals surface area contributed by atoms with E-state index in [9.17, 15) is 4.57 Å². The van der Waals surface area contributed by atoms with Crippen LogP contribution in [0.4, 0.5) is 4.79 Å². The van der Waals surface area contributed by atoms with E-state index in [0.717, 1.165) is 0 Å². The zero-order valence-corrected chi connectivity index (χ0v) is 12.1. The van der Waals surface area contributed by atoms with E-state index in [4.69, 9.17) is 35.6 Å². The summed E-state index contributed by atoms with van der Waals surface area (Å²) in [4.78, 5) is 25.8. The van der Waals surface area contributed by atoms with Crippen LogP contribution in [0.1, 0.15) is 0 Å². The number of carbonyl (C=O) groups is 1. The van der Waals surface area contributed by atoms with Gasteiger partial charge in [0.25, 0.3) is 0 Å². The SMILES string of the molecule is N=C(N)N.N=C(N)N.O=C(O)O.O=P(O)(O)c1ccccc1. The predicted octanol–water partition coefficient (Wildman–Crippen LogP) is -1.61. The molecule has 12 nitrogen and oxygen atoms in total. The molecule has 1 aromatic carbocycles. The van der Waals surface area contributed by atoms with E-state index in [1.807, 2.05) is 0 Å². The number of nitrogens with two attached hydrogens (primary N) is 4. The average molecular weight is 338 g/mol. The fourth-order valence-electron chi connectivity index (χ4n) is 0.622. The standard InChI is InChI=1S/C6H7O3P.2CH5N3.CH2O3/c7-10(8,9)6-4-2-1-3-5-6;3*2-1(3)4/h1-5H,(H2,7,8,9);2*(H5,2,3,4);(H2,2,3,4). The van der Waals surface area contributed by atoms with Gasteiger partial charge in [-0.25, -0.2) is 4.79 Å². The van der Waals surface area contributed by atoms with Gasteiger partial charge in [0, 0.05) is 0 Å². The molecule has 22 heavy (non-hydrogen) atoms. The summed E-state index contributed by atoms with van der Waals surface area (Å²) in [5, 5.41) is 26.1. The molecule has 14 N–H and O–H groups in total. The van der Waals surface area contributed by atoms with Gasteiger partial charge in [0.05, 0.1) is 5.30 Å². The number of nitrogens with one attached hydrogen (secondary N) is 2. The molecular formula is C9H19N6O6P. The van der Waals surface area contributed by atoms with Crippen molar-refractivity contribution >= 4 is 31.0 Å². The van der Waals surface area contributed by atoms with Crippen molar-refractivity contribution in [1.82, 2.24) is 0 Å². The molecule has 0 amide bonds. The van der Waals surface area contributed by atoms with Crippen LogP contribution >= 0.6 is 7.60 Å². The van der Waals surface area contributed by atoms with Crippen LogP contribution in [0.5, 0.6) is 0 Å². The minimum Gasteiger partial charge on any atom is -0.450 e. The topological polar surface area (TPSA) is 267 Å². The molecule has 0 aliphatic heterocycles. The molecule has 0 aromatic heterocycles. The van der Waals surface area contributed by atoms with Gasteiger partial charge in [0.1, 0.15) is 0 Å². The minimum atomic E-state index is -4.02. The van der Waals surface area contributed by atoms with E-state index in [1.54, 1.807) is 18.2 Å². The summed E-state index contributed by atoms with van der Waals surface area (Å²) in [7, 11) is -4.02. The molecule has 0 saturated heterocycles. The minimum absolute atomic E-state index is 0.0648. The second-order valence-corrected chi connectivity index (χ2v) is 4.68. The first-order valence-corrected chi connectivity index (χ1v) is 6.64. The third-order valence-electron chi connectivity index (χ3n) is 1.09. The first-order valence-electron chi connectivity index (χ1n) is 5.02. The number of benzene rings is 1. The largest absolute Gasteiger partial charge is 0.503 e. The zero-order chi connectivity index (χ0) is 18.3. The molecule has 0 atom stereocenters. The molecule has 0 aliphatic rings. The fourth-order valence-corrected chi connectivity index (χ4v) is 1.18. The third kappa shape index (κ3) is 36.0. The first kappa shape index (κ1) is 24.2. The highest BCUT2D eigenvalue weighted by Gasteiger charge is 2.14. The Morgan fingerprint density at radius 1 is 0.909 bits per heavy atom. The van der Waals surface area contributed by atoms with Gasteiger partial charge in [-0.05, 0) is 12.1 Å². The maximum atomic E-state index is 10.5. The lowest BCUT2D eigenvalue weighted by Gasteiger charge is -2.00. The van der Waals surface area contributed by atoms with Crippen molar-refractivity contribution in [3.05, 3.63) is 30.3 Å². The van der Waals surface area contributed by atoms with Gasteiger partial charge in [-0.2, -0.15) is 0 Å². The van der Waals surface area contributed by atoms with Crippen LogP contribution in [0.2, 0.25) is 0 Å². The highest BCUT2D eigenvalue weighted by molar-refractivity contribution is 7.60. The number of guanidine groups is 2. The Balaban J connectivity index is -0.000000253. The van der Waals surface area contributed by atoms with Crippen LogP contribution in [-0.4, -0.2) is 38.1 Å². The van der Waals surface area contributed by atoms with E-state index in [2.05, 4.69) is 22.9 Å². The summed E-state index contributed by atoms with van der Waals surface area (Å²) >= 11 is 0. The molecule has 0 saturated carbocycles. The van der Waals surface area contributed by atoms with Gasteiger partial charge >= 0.3 is 13.8 Å². The molecule has 0 aliphatic carbocycles. The Hall–Kier alpha value is -2.82. The summed E-state index contributed by atoms with van der Waals surface area (Å²) < 4.78 is 10.5. The summed E-state index contributed by atoms with van der Waals surface area (Å²) in [6, 6.07) is 7.70. The smallest absolute Gasteiger partial charge is 0.450 e. The normalized spacial score (nSPS) is 8.45. The van der Waals surface area contributed by atoms with E-state index >= 15 is 0 Å². The van der Waals surface area contributed by atoms with E-state index in [1.165, 1.54) is 12.1 Å². The van der Waals surface area contributed by atoms with Gasteiger partial charge < -0.3 is 42.9 Å².